The molecule has 1 heterocycles. The van der Waals surface area contributed by atoms with Gasteiger partial charge in [-0.1, -0.05) is 42.0 Å². The SMILES string of the molecule is Cc1ccc(C=CC(=O)N2C[C@@H](C)N(Cc3ccc(F)cc3)C[C@@H]2C)cc1. The van der Waals surface area contributed by atoms with Crippen molar-refractivity contribution in [1.29, 1.82) is 0 Å². The van der Waals surface area contributed by atoms with Crippen molar-refractivity contribution >= 4 is 12.0 Å². The van der Waals surface area contributed by atoms with E-state index in [1.165, 1.54) is 17.7 Å². The van der Waals surface area contributed by atoms with Gasteiger partial charge in [0.2, 0.25) is 5.91 Å². The van der Waals surface area contributed by atoms with Crippen LogP contribution in [0.5, 0.6) is 0 Å². The molecule has 2 aromatic rings. The first-order chi connectivity index (χ1) is 12.9. The number of halogens is 1. The first-order valence-electron chi connectivity index (χ1n) is 9.46. The number of hydrogen-bond acceptors (Lipinski definition) is 2. The number of hydrogen-bond donors (Lipinski definition) is 0. The van der Waals surface area contributed by atoms with Crippen LogP contribution in [0.25, 0.3) is 6.08 Å². The smallest absolute Gasteiger partial charge is 0.246 e. The van der Waals surface area contributed by atoms with Crippen LogP contribution < -0.4 is 0 Å². The highest BCUT2D eigenvalue weighted by atomic mass is 19.1. The summed E-state index contributed by atoms with van der Waals surface area (Å²) in [7, 11) is 0. The van der Waals surface area contributed by atoms with Crippen molar-refractivity contribution in [3.8, 4) is 0 Å². The zero-order valence-corrected chi connectivity index (χ0v) is 16.2. The predicted molar refractivity (Wildman–Crippen MR) is 108 cm³/mol. The van der Waals surface area contributed by atoms with Crippen LogP contribution in [0.4, 0.5) is 4.39 Å². The van der Waals surface area contributed by atoms with Crippen LogP contribution in [0.15, 0.2) is 54.6 Å². The van der Waals surface area contributed by atoms with E-state index >= 15 is 0 Å². The van der Waals surface area contributed by atoms with Gasteiger partial charge in [0.15, 0.2) is 0 Å². The van der Waals surface area contributed by atoms with Gasteiger partial charge in [-0.2, -0.15) is 0 Å². The van der Waals surface area contributed by atoms with Gasteiger partial charge in [-0.3, -0.25) is 9.69 Å². The van der Waals surface area contributed by atoms with Gasteiger partial charge < -0.3 is 4.90 Å². The van der Waals surface area contributed by atoms with E-state index in [0.29, 0.717) is 6.54 Å². The van der Waals surface area contributed by atoms with Crippen LogP contribution in [0.3, 0.4) is 0 Å². The van der Waals surface area contributed by atoms with Crippen LogP contribution in [0, 0.1) is 12.7 Å². The zero-order chi connectivity index (χ0) is 19.4. The van der Waals surface area contributed by atoms with Crippen molar-refractivity contribution in [1.82, 2.24) is 9.80 Å². The van der Waals surface area contributed by atoms with E-state index in [1.54, 1.807) is 6.08 Å². The fraction of sp³-hybridized carbons (Fsp3) is 0.348. The third-order valence-corrected chi connectivity index (χ3v) is 5.19. The van der Waals surface area contributed by atoms with Gasteiger partial charge in [0.25, 0.3) is 0 Å². The Morgan fingerprint density at radius 1 is 1.04 bits per heavy atom. The number of nitrogens with zero attached hydrogens (tertiary/aromatic N) is 2. The van der Waals surface area contributed by atoms with Gasteiger partial charge >= 0.3 is 0 Å². The number of benzene rings is 2. The van der Waals surface area contributed by atoms with E-state index in [0.717, 1.165) is 24.2 Å². The Labute approximate surface area is 161 Å². The van der Waals surface area contributed by atoms with Crippen LogP contribution in [-0.2, 0) is 11.3 Å². The van der Waals surface area contributed by atoms with E-state index in [9.17, 15) is 9.18 Å². The van der Waals surface area contributed by atoms with Crippen molar-refractivity contribution < 1.29 is 9.18 Å². The Morgan fingerprint density at radius 2 is 1.70 bits per heavy atom. The number of rotatable bonds is 4. The fourth-order valence-corrected chi connectivity index (χ4v) is 3.49. The number of piperazine rings is 1. The molecule has 0 saturated carbocycles. The zero-order valence-electron chi connectivity index (χ0n) is 16.2. The third-order valence-electron chi connectivity index (χ3n) is 5.19. The molecule has 4 heteroatoms. The minimum absolute atomic E-state index is 0.0522. The normalized spacial score (nSPS) is 21.0. The molecule has 1 saturated heterocycles. The molecule has 2 aromatic carbocycles. The molecule has 0 aliphatic carbocycles. The quantitative estimate of drug-likeness (QED) is 0.755. The Balaban J connectivity index is 1.61. The maximum atomic E-state index is 13.1. The highest BCUT2D eigenvalue weighted by Crippen LogP contribution is 2.19. The van der Waals surface area contributed by atoms with E-state index in [-0.39, 0.29) is 23.8 Å². The Bertz CT molecular complexity index is 798. The second-order valence-corrected chi connectivity index (χ2v) is 7.49. The Kier molecular flexibility index (Phi) is 6.07. The molecule has 3 rings (SSSR count). The van der Waals surface area contributed by atoms with Crippen LogP contribution in [0.2, 0.25) is 0 Å². The summed E-state index contributed by atoms with van der Waals surface area (Å²) in [5, 5.41) is 0. The predicted octanol–water partition coefficient (Wildman–Crippen LogP) is 4.27. The molecular weight excluding hydrogens is 339 g/mol. The molecule has 3 nitrogen and oxygen atoms in total. The van der Waals surface area contributed by atoms with Crippen molar-refractivity contribution in [2.45, 2.75) is 39.4 Å². The molecule has 0 aromatic heterocycles. The molecular formula is C23H27FN2O. The molecule has 0 radical (unpaired) electrons. The molecule has 1 amide bonds. The van der Waals surface area contributed by atoms with Gasteiger partial charge in [0.1, 0.15) is 5.82 Å². The molecule has 0 unspecified atom stereocenters. The number of amides is 1. The van der Waals surface area contributed by atoms with Crippen LogP contribution in [0.1, 0.15) is 30.5 Å². The van der Waals surface area contributed by atoms with E-state index in [4.69, 9.17) is 0 Å². The summed E-state index contributed by atoms with van der Waals surface area (Å²) in [6, 6.07) is 15.2. The monoisotopic (exact) mass is 366 g/mol. The second kappa shape index (κ2) is 8.49. The summed E-state index contributed by atoms with van der Waals surface area (Å²) in [4.78, 5) is 17.0. The largest absolute Gasteiger partial charge is 0.334 e. The molecule has 0 bridgehead atoms. The van der Waals surface area contributed by atoms with Gasteiger partial charge in [-0.25, -0.2) is 4.39 Å². The van der Waals surface area contributed by atoms with Crippen molar-refractivity contribution in [3.05, 3.63) is 77.1 Å². The highest BCUT2D eigenvalue weighted by Gasteiger charge is 2.30. The van der Waals surface area contributed by atoms with Crippen molar-refractivity contribution in [2.24, 2.45) is 0 Å². The summed E-state index contributed by atoms with van der Waals surface area (Å²) >= 11 is 0. The van der Waals surface area contributed by atoms with Gasteiger partial charge in [0, 0.05) is 37.8 Å². The lowest BCUT2D eigenvalue weighted by Gasteiger charge is -2.44. The lowest BCUT2D eigenvalue weighted by Crippen LogP contribution is -2.57. The van der Waals surface area contributed by atoms with Gasteiger partial charge in [-0.15, -0.1) is 0 Å². The Morgan fingerprint density at radius 3 is 2.37 bits per heavy atom. The van der Waals surface area contributed by atoms with E-state index in [2.05, 4.69) is 18.7 Å². The number of aryl methyl sites for hydroxylation is 1. The number of carbonyl (C=O) groups is 1. The van der Waals surface area contributed by atoms with Crippen LogP contribution >= 0.6 is 0 Å². The maximum Gasteiger partial charge on any atom is 0.246 e. The topological polar surface area (TPSA) is 23.6 Å². The minimum Gasteiger partial charge on any atom is -0.334 e. The van der Waals surface area contributed by atoms with Gasteiger partial charge in [-0.05, 0) is 50.1 Å². The lowest BCUT2D eigenvalue weighted by molar-refractivity contribution is -0.131. The van der Waals surface area contributed by atoms with E-state index in [1.807, 2.05) is 54.3 Å². The molecule has 0 spiro atoms. The maximum absolute atomic E-state index is 13.1. The highest BCUT2D eigenvalue weighted by molar-refractivity contribution is 5.92. The minimum atomic E-state index is -0.212. The van der Waals surface area contributed by atoms with E-state index < -0.39 is 0 Å². The molecule has 1 aliphatic rings. The lowest BCUT2D eigenvalue weighted by atomic mass is 10.1. The Hall–Kier alpha value is -2.46. The summed E-state index contributed by atoms with van der Waals surface area (Å²) in [6.45, 7) is 8.54. The van der Waals surface area contributed by atoms with Gasteiger partial charge in [0.05, 0.1) is 0 Å². The van der Waals surface area contributed by atoms with Crippen LogP contribution in [-0.4, -0.2) is 40.9 Å². The first-order valence-corrected chi connectivity index (χ1v) is 9.46. The fourth-order valence-electron chi connectivity index (χ4n) is 3.49. The summed E-state index contributed by atoms with van der Waals surface area (Å²) in [5.74, 6) is -0.160. The third kappa shape index (κ3) is 5.04. The average molecular weight is 366 g/mol. The summed E-state index contributed by atoms with van der Waals surface area (Å²) in [6.07, 6.45) is 3.55. The van der Waals surface area contributed by atoms with Crippen molar-refractivity contribution in [3.63, 3.8) is 0 Å². The molecule has 142 valence electrons. The molecule has 1 aliphatic heterocycles. The molecule has 2 atom stereocenters. The standard InChI is InChI=1S/C23H27FN2O/c1-17-4-6-20(7-5-17)10-13-23(27)26-15-18(2)25(14-19(26)3)16-21-8-11-22(24)12-9-21/h4-13,18-19H,14-16H2,1-3H3/t18-,19+/m1/s1. The average Bonchev–Trinajstić information content (AvgIpc) is 2.65. The molecule has 27 heavy (non-hydrogen) atoms. The second-order valence-electron chi connectivity index (χ2n) is 7.49. The molecule has 1 fully saturated rings. The molecule has 0 N–H and O–H groups in total. The van der Waals surface area contributed by atoms with Crippen molar-refractivity contribution in [2.75, 3.05) is 13.1 Å². The summed E-state index contributed by atoms with van der Waals surface area (Å²) < 4.78 is 13.1. The first kappa shape index (κ1) is 19.3. The number of carbonyl (C=O) groups excluding carboxylic acids is 1. The summed E-state index contributed by atoms with van der Waals surface area (Å²) in [5.41, 5.74) is 3.33.